The molecule has 12 heteroatoms. The number of carbonyl (C=O) groups is 2. The number of aromatic nitrogens is 3. The summed E-state index contributed by atoms with van der Waals surface area (Å²) in [7, 11) is 0. The summed E-state index contributed by atoms with van der Waals surface area (Å²) in [4.78, 5) is 24.7. The maximum Gasteiger partial charge on any atom is 0.573 e. The molecule has 0 spiro atoms. The van der Waals surface area contributed by atoms with E-state index in [2.05, 4.69) is 25.7 Å². The minimum absolute atomic E-state index is 0.0813. The topological polar surface area (TPSA) is 98.1 Å². The van der Waals surface area contributed by atoms with Crippen LogP contribution in [0.25, 0.3) is 5.69 Å². The smallest absolute Gasteiger partial charge is 0.406 e. The molecule has 180 valence electrons. The van der Waals surface area contributed by atoms with E-state index in [-0.39, 0.29) is 23.9 Å². The maximum atomic E-state index is 12.8. The lowest BCUT2D eigenvalue weighted by Crippen LogP contribution is -2.24. The van der Waals surface area contributed by atoms with Crippen LogP contribution >= 0.6 is 11.8 Å². The van der Waals surface area contributed by atoms with Crippen LogP contribution < -0.4 is 15.4 Å². The average molecular weight is 494 g/mol. The fraction of sp³-hybridized carbons (Fsp3) is 0.273. The molecule has 0 saturated carbocycles. The molecule has 2 aromatic carbocycles. The molecule has 2 amide bonds. The summed E-state index contributed by atoms with van der Waals surface area (Å²) in [6.45, 7) is 2.43. The van der Waals surface area contributed by atoms with Crippen molar-refractivity contribution < 1.29 is 27.5 Å². The van der Waals surface area contributed by atoms with E-state index in [4.69, 9.17) is 0 Å². The van der Waals surface area contributed by atoms with E-state index < -0.39 is 12.3 Å². The molecule has 1 aromatic heterocycles. The monoisotopic (exact) mass is 493 g/mol. The van der Waals surface area contributed by atoms with Crippen molar-refractivity contribution in [1.82, 2.24) is 25.6 Å². The standard InChI is InChI=1S/C22H22F3N5O3S/c1-3-26-20(31)15-6-8-16(9-7-15)30-18(13-34-2)19(28-29-30)21(32)27-12-14-4-10-17(11-5-14)33-22(23,24)25/h4-11H,3,12-13H2,1-2H3,(H,26,31)(H,27,32). The van der Waals surface area contributed by atoms with E-state index in [1.165, 1.54) is 40.7 Å². The highest BCUT2D eigenvalue weighted by Gasteiger charge is 2.31. The van der Waals surface area contributed by atoms with Gasteiger partial charge < -0.3 is 15.4 Å². The van der Waals surface area contributed by atoms with Gasteiger partial charge in [0.25, 0.3) is 11.8 Å². The first kappa shape index (κ1) is 25.1. The first-order valence-corrected chi connectivity index (χ1v) is 11.6. The van der Waals surface area contributed by atoms with Crippen molar-refractivity contribution in [2.75, 3.05) is 12.8 Å². The van der Waals surface area contributed by atoms with Gasteiger partial charge in [0.05, 0.1) is 11.4 Å². The molecule has 3 rings (SSSR count). The summed E-state index contributed by atoms with van der Waals surface area (Å²) in [5.41, 5.74) is 2.44. The number of rotatable bonds is 9. The summed E-state index contributed by atoms with van der Waals surface area (Å²) in [6.07, 6.45) is -2.89. The maximum absolute atomic E-state index is 12.8. The highest BCUT2D eigenvalue weighted by molar-refractivity contribution is 7.97. The fourth-order valence-electron chi connectivity index (χ4n) is 3.04. The van der Waals surface area contributed by atoms with Crippen LogP contribution in [0.1, 0.15) is 39.0 Å². The van der Waals surface area contributed by atoms with Crippen molar-refractivity contribution in [3.05, 3.63) is 71.0 Å². The summed E-state index contributed by atoms with van der Waals surface area (Å²) in [6, 6.07) is 12.0. The normalized spacial score (nSPS) is 11.2. The zero-order chi connectivity index (χ0) is 24.7. The Morgan fingerprint density at radius 2 is 1.71 bits per heavy atom. The van der Waals surface area contributed by atoms with Gasteiger partial charge in [0.1, 0.15) is 5.75 Å². The van der Waals surface area contributed by atoms with Gasteiger partial charge in [-0.05, 0) is 55.1 Å². The molecule has 0 unspecified atom stereocenters. The Hall–Kier alpha value is -3.54. The van der Waals surface area contributed by atoms with Crippen LogP contribution in [0.2, 0.25) is 0 Å². The van der Waals surface area contributed by atoms with Crippen molar-refractivity contribution in [2.24, 2.45) is 0 Å². The Kier molecular flexibility index (Phi) is 8.16. The Morgan fingerprint density at radius 1 is 1.03 bits per heavy atom. The number of thioether (sulfide) groups is 1. The molecular formula is C22H22F3N5O3S. The minimum atomic E-state index is -4.77. The van der Waals surface area contributed by atoms with E-state index in [1.54, 1.807) is 24.3 Å². The molecule has 8 nitrogen and oxygen atoms in total. The van der Waals surface area contributed by atoms with Gasteiger partial charge in [0, 0.05) is 24.4 Å². The molecule has 0 aliphatic heterocycles. The first-order chi connectivity index (χ1) is 16.2. The van der Waals surface area contributed by atoms with Crippen LogP contribution in [0.3, 0.4) is 0 Å². The van der Waals surface area contributed by atoms with E-state index in [1.807, 2.05) is 13.2 Å². The van der Waals surface area contributed by atoms with Gasteiger partial charge in [-0.2, -0.15) is 11.8 Å². The molecule has 0 fully saturated rings. The predicted molar refractivity (Wildman–Crippen MR) is 121 cm³/mol. The first-order valence-electron chi connectivity index (χ1n) is 10.2. The average Bonchev–Trinajstić information content (AvgIpc) is 3.21. The molecule has 1 heterocycles. The lowest BCUT2D eigenvalue weighted by Gasteiger charge is -2.10. The van der Waals surface area contributed by atoms with Gasteiger partial charge in [0.15, 0.2) is 5.69 Å². The molecule has 0 radical (unpaired) electrons. The van der Waals surface area contributed by atoms with Crippen LogP contribution in [-0.2, 0) is 12.3 Å². The second-order valence-corrected chi connectivity index (χ2v) is 7.88. The summed E-state index contributed by atoms with van der Waals surface area (Å²) in [5.74, 6) is -0.539. The molecule has 2 N–H and O–H groups in total. The Morgan fingerprint density at radius 3 is 2.29 bits per heavy atom. The molecule has 0 atom stereocenters. The van der Waals surface area contributed by atoms with Crippen molar-refractivity contribution in [3.8, 4) is 11.4 Å². The molecule has 0 saturated heterocycles. The fourth-order valence-corrected chi connectivity index (χ4v) is 3.58. The van der Waals surface area contributed by atoms with Crippen LogP contribution in [0.5, 0.6) is 5.75 Å². The third kappa shape index (κ3) is 6.50. The lowest BCUT2D eigenvalue weighted by atomic mass is 10.2. The quantitative estimate of drug-likeness (QED) is 0.472. The minimum Gasteiger partial charge on any atom is -0.406 e. The van der Waals surface area contributed by atoms with Crippen LogP contribution in [-0.4, -0.2) is 46.0 Å². The number of halogens is 3. The van der Waals surface area contributed by atoms with Gasteiger partial charge in [-0.15, -0.1) is 18.3 Å². The summed E-state index contributed by atoms with van der Waals surface area (Å²) >= 11 is 1.48. The third-order valence-electron chi connectivity index (χ3n) is 4.58. The molecule has 34 heavy (non-hydrogen) atoms. The van der Waals surface area contributed by atoms with Gasteiger partial charge in [-0.1, -0.05) is 17.3 Å². The van der Waals surface area contributed by atoms with Crippen molar-refractivity contribution in [1.29, 1.82) is 0 Å². The van der Waals surface area contributed by atoms with Crippen LogP contribution in [0.4, 0.5) is 13.2 Å². The number of benzene rings is 2. The predicted octanol–water partition coefficient (Wildman–Crippen LogP) is 3.71. The highest BCUT2D eigenvalue weighted by atomic mass is 32.2. The van der Waals surface area contributed by atoms with Crippen LogP contribution in [0.15, 0.2) is 48.5 Å². The van der Waals surface area contributed by atoms with Gasteiger partial charge in [-0.25, -0.2) is 4.68 Å². The van der Waals surface area contributed by atoms with E-state index in [0.717, 1.165) is 0 Å². The number of hydrogen-bond donors (Lipinski definition) is 2. The SMILES string of the molecule is CCNC(=O)c1ccc(-n2nnc(C(=O)NCc3ccc(OC(F)(F)F)cc3)c2CSC)cc1. The number of nitrogens with one attached hydrogen (secondary N) is 2. The van der Waals surface area contributed by atoms with Gasteiger partial charge in [0.2, 0.25) is 0 Å². The highest BCUT2D eigenvalue weighted by Crippen LogP contribution is 2.23. The van der Waals surface area contributed by atoms with Gasteiger partial charge >= 0.3 is 6.36 Å². The Labute approximate surface area is 197 Å². The van der Waals surface area contributed by atoms with Crippen molar-refractivity contribution in [3.63, 3.8) is 0 Å². The van der Waals surface area contributed by atoms with E-state index in [9.17, 15) is 22.8 Å². The summed E-state index contributed by atoms with van der Waals surface area (Å²) < 4.78 is 42.2. The Balaban J connectivity index is 1.72. The molecule has 0 aliphatic rings. The largest absolute Gasteiger partial charge is 0.573 e. The lowest BCUT2D eigenvalue weighted by molar-refractivity contribution is -0.274. The third-order valence-corrected chi connectivity index (χ3v) is 5.14. The van der Waals surface area contributed by atoms with E-state index >= 15 is 0 Å². The second kappa shape index (κ2) is 11.1. The number of carbonyl (C=O) groups excluding carboxylic acids is 2. The number of ether oxygens (including phenoxy) is 1. The second-order valence-electron chi connectivity index (χ2n) is 7.01. The van der Waals surface area contributed by atoms with Crippen molar-refractivity contribution in [2.45, 2.75) is 25.6 Å². The molecule has 0 bridgehead atoms. The van der Waals surface area contributed by atoms with Crippen LogP contribution in [0, 0.1) is 0 Å². The van der Waals surface area contributed by atoms with Crippen molar-refractivity contribution >= 4 is 23.6 Å². The van der Waals surface area contributed by atoms with Gasteiger partial charge in [-0.3, -0.25) is 9.59 Å². The number of amides is 2. The van der Waals surface area contributed by atoms with E-state index in [0.29, 0.717) is 34.8 Å². The zero-order valence-corrected chi connectivity index (χ0v) is 19.2. The Bertz CT molecular complexity index is 1130. The summed E-state index contributed by atoms with van der Waals surface area (Å²) in [5, 5.41) is 13.6. The molecular weight excluding hydrogens is 471 g/mol. The molecule has 0 aliphatic carbocycles. The molecule has 3 aromatic rings. The number of nitrogens with zero attached hydrogens (tertiary/aromatic N) is 3. The number of alkyl halides is 3. The zero-order valence-electron chi connectivity index (χ0n) is 18.3. The number of hydrogen-bond acceptors (Lipinski definition) is 6.